The summed E-state index contributed by atoms with van der Waals surface area (Å²) in [4.78, 5) is 0. The predicted molar refractivity (Wildman–Crippen MR) is 76.5 cm³/mol. The zero-order chi connectivity index (χ0) is 13.1. The minimum Gasteiger partial charge on any atom is -0.488 e. The van der Waals surface area contributed by atoms with Crippen molar-refractivity contribution in [3.8, 4) is 5.75 Å². The van der Waals surface area contributed by atoms with Crippen LogP contribution in [0.25, 0.3) is 0 Å². The molecular weight excluding hydrogens is 246 g/mol. The van der Waals surface area contributed by atoms with Crippen LogP contribution >= 0.6 is 11.6 Å². The Labute approximate surface area is 115 Å². The standard InChI is InChI=1S/C15H22ClNO/c1-4-10(2)11(3)17-9-14-8-12-7-13(16)5-6-15(12)18-14/h5-7,10-11,14,17H,4,8-9H2,1-3H3. The quantitative estimate of drug-likeness (QED) is 0.879. The van der Waals surface area contributed by atoms with Gasteiger partial charge in [-0.1, -0.05) is 31.9 Å². The monoisotopic (exact) mass is 267 g/mol. The van der Waals surface area contributed by atoms with Crippen LogP contribution in [0.15, 0.2) is 18.2 Å². The fourth-order valence-electron chi connectivity index (χ4n) is 2.27. The van der Waals surface area contributed by atoms with Gasteiger partial charge in [0.2, 0.25) is 0 Å². The Balaban J connectivity index is 1.85. The zero-order valence-electron chi connectivity index (χ0n) is 11.4. The minimum atomic E-state index is 0.241. The van der Waals surface area contributed by atoms with E-state index >= 15 is 0 Å². The normalized spacial score (nSPS) is 21.2. The third-order valence-electron chi connectivity index (χ3n) is 3.93. The molecule has 1 aromatic carbocycles. The van der Waals surface area contributed by atoms with E-state index in [1.54, 1.807) is 0 Å². The summed E-state index contributed by atoms with van der Waals surface area (Å²) in [7, 11) is 0. The summed E-state index contributed by atoms with van der Waals surface area (Å²) in [5.41, 5.74) is 1.23. The molecule has 2 rings (SSSR count). The van der Waals surface area contributed by atoms with Crippen LogP contribution in [-0.4, -0.2) is 18.7 Å². The molecule has 1 aromatic rings. The Hall–Kier alpha value is -0.730. The fourth-order valence-corrected chi connectivity index (χ4v) is 2.47. The molecule has 3 atom stereocenters. The molecule has 0 aliphatic carbocycles. The molecule has 100 valence electrons. The molecule has 0 bridgehead atoms. The molecule has 3 heteroatoms. The van der Waals surface area contributed by atoms with Gasteiger partial charge in [-0.2, -0.15) is 0 Å². The molecule has 0 aromatic heterocycles. The van der Waals surface area contributed by atoms with Crippen LogP contribution in [0.2, 0.25) is 5.02 Å². The van der Waals surface area contributed by atoms with Crippen molar-refractivity contribution in [3.05, 3.63) is 28.8 Å². The maximum atomic E-state index is 5.99. The molecule has 1 heterocycles. The van der Waals surface area contributed by atoms with Crippen LogP contribution in [0.5, 0.6) is 5.75 Å². The van der Waals surface area contributed by atoms with Gasteiger partial charge >= 0.3 is 0 Å². The van der Waals surface area contributed by atoms with Gasteiger partial charge in [0, 0.05) is 24.0 Å². The summed E-state index contributed by atoms with van der Waals surface area (Å²) in [6.45, 7) is 7.65. The third-order valence-corrected chi connectivity index (χ3v) is 4.16. The molecule has 18 heavy (non-hydrogen) atoms. The van der Waals surface area contributed by atoms with Crippen molar-refractivity contribution >= 4 is 11.6 Å². The van der Waals surface area contributed by atoms with Crippen molar-refractivity contribution < 1.29 is 4.74 Å². The van der Waals surface area contributed by atoms with Gasteiger partial charge in [0.1, 0.15) is 11.9 Å². The molecule has 1 aliphatic rings. The minimum absolute atomic E-state index is 0.241. The second-order valence-electron chi connectivity index (χ2n) is 5.28. The van der Waals surface area contributed by atoms with Gasteiger partial charge in [0.15, 0.2) is 0 Å². The Morgan fingerprint density at radius 3 is 2.94 bits per heavy atom. The van der Waals surface area contributed by atoms with Crippen molar-refractivity contribution in [2.24, 2.45) is 5.92 Å². The van der Waals surface area contributed by atoms with Gasteiger partial charge in [-0.3, -0.25) is 0 Å². The third kappa shape index (κ3) is 3.18. The summed E-state index contributed by atoms with van der Waals surface area (Å²) >= 11 is 5.99. The maximum Gasteiger partial charge on any atom is 0.123 e. The highest BCUT2D eigenvalue weighted by molar-refractivity contribution is 6.30. The number of nitrogens with one attached hydrogen (secondary N) is 1. The van der Waals surface area contributed by atoms with Crippen LogP contribution in [0.3, 0.4) is 0 Å². The van der Waals surface area contributed by atoms with E-state index < -0.39 is 0 Å². The van der Waals surface area contributed by atoms with E-state index in [0.717, 1.165) is 23.7 Å². The lowest BCUT2D eigenvalue weighted by Gasteiger charge is -2.22. The Bertz CT molecular complexity index is 407. The Kier molecular flexibility index (Phi) is 4.52. The first-order valence-electron chi connectivity index (χ1n) is 6.78. The fraction of sp³-hybridized carbons (Fsp3) is 0.600. The number of ether oxygens (including phenoxy) is 1. The van der Waals surface area contributed by atoms with Crippen LogP contribution in [0.1, 0.15) is 32.8 Å². The van der Waals surface area contributed by atoms with E-state index in [1.807, 2.05) is 18.2 Å². The first-order chi connectivity index (χ1) is 8.60. The molecule has 0 saturated heterocycles. The van der Waals surface area contributed by atoms with Crippen LogP contribution in [0.4, 0.5) is 0 Å². The zero-order valence-corrected chi connectivity index (χ0v) is 12.1. The molecule has 0 fully saturated rings. The van der Waals surface area contributed by atoms with Gasteiger partial charge in [0.25, 0.3) is 0 Å². The average molecular weight is 268 g/mol. The average Bonchev–Trinajstić information content (AvgIpc) is 2.76. The first kappa shape index (κ1) is 13.7. The van der Waals surface area contributed by atoms with Crippen molar-refractivity contribution in [1.82, 2.24) is 5.32 Å². The van der Waals surface area contributed by atoms with E-state index in [9.17, 15) is 0 Å². The Morgan fingerprint density at radius 1 is 1.44 bits per heavy atom. The second-order valence-corrected chi connectivity index (χ2v) is 5.71. The highest BCUT2D eigenvalue weighted by Gasteiger charge is 2.23. The number of halogens is 1. The van der Waals surface area contributed by atoms with Gasteiger partial charge < -0.3 is 10.1 Å². The van der Waals surface area contributed by atoms with E-state index in [1.165, 1.54) is 12.0 Å². The number of fused-ring (bicyclic) bond motifs is 1. The molecule has 0 saturated carbocycles. The van der Waals surface area contributed by atoms with Crippen molar-refractivity contribution in [3.63, 3.8) is 0 Å². The maximum absolute atomic E-state index is 5.99. The van der Waals surface area contributed by atoms with Gasteiger partial charge in [-0.05, 0) is 36.6 Å². The number of rotatable bonds is 5. The summed E-state index contributed by atoms with van der Waals surface area (Å²) < 4.78 is 5.90. The molecule has 3 unspecified atom stereocenters. The summed E-state index contributed by atoms with van der Waals surface area (Å²) in [6, 6.07) is 6.40. The summed E-state index contributed by atoms with van der Waals surface area (Å²) in [5, 5.41) is 4.36. The lowest BCUT2D eigenvalue weighted by molar-refractivity contribution is 0.215. The SMILES string of the molecule is CCC(C)C(C)NCC1Cc2cc(Cl)ccc2O1. The molecule has 0 radical (unpaired) electrons. The second kappa shape index (κ2) is 5.94. The molecule has 2 nitrogen and oxygen atoms in total. The lowest BCUT2D eigenvalue weighted by Crippen LogP contribution is -2.39. The molecular formula is C15H22ClNO. The van der Waals surface area contributed by atoms with Gasteiger partial charge in [0.05, 0.1) is 0 Å². The smallest absolute Gasteiger partial charge is 0.123 e. The Morgan fingerprint density at radius 2 is 2.22 bits per heavy atom. The van der Waals surface area contributed by atoms with Crippen molar-refractivity contribution in [2.75, 3.05) is 6.54 Å². The largest absolute Gasteiger partial charge is 0.488 e. The van der Waals surface area contributed by atoms with Crippen LogP contribution in [0, 0.1) is 5.92 Å². The highest BCUT2D eigenvalue weighted by atomic mass is 35.5. The number of hydrogen-bond donors (Lipinski definition) is 1. The van der Waals surface area contributed by atoms with Crippen LogP contribution in [-0.2, 0) is 6.42 Å². The van der Waals surface area contributed by atoms with Crippen molar-refractivity contribution in [1.29, 1.82) is 0 Å². The first-order valence-corrected chi connectivity index (χ1v) is 7.16. The van der Waals surface area contributed by atoms with E-state index in [4.69, 9.17) is 16.3 Å². The van der Waals surface area contributed by atoms with E-state index in [2.05, 4.69) is 26.1 Å². The molecule has 1 N–H and O–H groups in total. The van der Waals surface area contributed by atoms with Gasteiger partial charge in [-0.25, -0.2) is 0 Å². The predicted octanol–water partition coefficient (Wildman–Crippen LogP) is 3.67. The van der Waals surface area contributed by atoms with E-state index in [-0.39, 0.29) is 6.10 Å². The summed E-state index contributed by atoms with van der Waals surface area (Å²) in [6.07, 6.45) is 2.40. The van der Waals surface area contributed by atoms with Crippen LogP contribution < -0.4 is 10.1 Å². The number of hydrogen-bond acceptors (Lipinski definition) is 2. The molecule has 1 aliphatic heterocycles. The van der Waals surface area contributed by atoms with Gasteiger partial charge in [-0.15, -0.1) is 0 Å². The highest BCUT2D eigenvalue weighted by Crippen LogP contribution is 2.30. The molecule has 0 spiro atoms. The van der Waals surface area contributed by atoms with E-state index in [0.29, 0.717) is 12.0 Å². The van der Waals surface area contributed by atoms with Crippen molar-refractivity contribution in [2.45, 2.75) is 45.8 Å². The summed E-state index contributed by atoms with van der Waals surface area (Å²) in [5.74, 6) is 1.69. The topological polar surface area (TPSA) is 21.3 Å². The number of benzene rings is 1. The lowest BCUT2D eigenvalue weighted by atomic mass is 10.0. The molecule has 0 amide bonds.